The maximum Gasteiger partial charge on any atom is 0.264 e. The second kappa shape index (κ2) is 7.68. The quantitative estimate of drug-likeness (QED) is 0.597. The molecule has 7 heteroatoms. The van der Waals surface area contributed by atoms with Crippen molar-refractivity contribution in [1.29, 1.82) is 0 Å². The number of para-hydroxylation sites is 1. The second-order valence-corrected chi connectivity index (χ2v) is 8.47. The Hall–Kier alpha value is -3.42. The van der Waals surface area contributed by atoms with Gasteiger partial charge in [-0.25, -0.2) is 0 Å². The zero-order valence-electron chi connectivity index (χ0n) is 16.5. The summed E-state index contributed by atoms with van der Waals surface area (Å²) >= 11 is 1.54. The molecule has 3 heterocycles. The fourth-order valence-electron chi connectivity index (χ4n) is 3.91. The van der Waals surface area contributed by atoms with E-state index in [-0.39, 0.29) is 19.0 Å². The largest absolute Gasteiger partial charge is 0.454 e. The summed E-state index contributed by atoms with van der Waals surface area (Å²) in [6, 6.07) is 16.3. The Labute approximate surface area is 183 Å². The van der Waals surface area contributed by atoms with Crippen molar-refractivity contribution in [3.8, 4) is 11.5 Å². The van der Waals surface area contributed by atoms with Gasteiger partial charge >= 0.3 is 0 Å². The zero-order chi connectivity index (χ0) is 21.4. The number of nitrogens with zero attached hydrogens (tertiary/aromatic N) is 1. The molecule has 2 aliphatic rings. The van der Waals surface area contributed by atoms with Crippen LogP contribution in [-0.4, -0.2) is 23.6 Å². The number of carbonyl (C=O) groups excluding carboxylic acids is 2. The van der Waals surface area contributed by atoms with Gasteiger partial charge in [-0.2, -0.15) is 0 Å². The van der Waals surface area contributed by atoms with Gasteiger partial charge in [-0.1, -0.05) is 36.4 Å². The highest BCUT2D eigenvalue weighted by atomic mass is 32.1. The minimum atomic E-state index is -1.88. The zero-order valence-corrected chi connectivity index (χ0v) is 17.3. The highest BCUT2D eigenvalue weighted by Crippen LogP contribution is 2.43. The fraction of sp³-hybridized carbons (Fsp3) is 0.167. The van der Waals surface area contributed by atoms with E-state index in [1.54, 1.807) is 52.6 Å². The summed E-state index contributed by atoms with van der Waals surface area (Å²) in [7, 11) is 0. The Morgan fingerprint density at radius 2 is 1.97 bits per heavy atom. The number of thiophene rings is 1. The topological polar surface area (TPSA) is 76.1 Å². The van der Waals surface area contributed by atoms with E-state index < -0.39 is 11.5 Å². The monoisotopic (exact) mass is 433 g/mol. The first-order valence-corrected chi connectivity index (χ1v) is 10.7. The maximum absolute atomic E-state index is 13.2. The molecule has 0 saturated heterocycles. The van der Waals surface area contributed by atoms with Crippen molar-refractivity contribution < 1.29 is 24.2 Å². The molecular formula is C24H19NO5S. The van der Waals surface area contributed by atoms with Gasteiger partial charge in [-0.3, -0.25) is 9.59 Å². The number of carbonyl (C=O) groups is 2. The third-order valence-electron chi connectivity index (χ3n) is 5.42. The molecule has 2 aliphatic heterocycles. The average molecular weight is 433 g/mol. The SMILES string of the molecule is O=C(/C=C/c1ccc2c(c1)OCO2)CC1(O)C(=O)N(Cc2cccs2)c2ccccc21. The van der Waals surface area contributed by atoms with Gasteiger partial charge in [0.25, 0.3) is 5.91 Å². The lowest BCUT2D eigenvalue weighted by atomic mass is 9.89. The van der Waals surface area contributed by atoms with Crippen LogP contribution in [-0.2, 0) is 21.7 Å². The molecule has 156 valence electrons. The summed E-state index contributed by atoms with van der Waals surface area (Å²) in [5, 5.41) is 13.3. The standard InChI is InChI=1S/C24H19NO5S/c26-17(9-7-16-8-10-21-22(12-16)30-15-29-21)13-24(28)19-5-1-2-6-20(19)25(23(24)27)14-18-4-3-11-31-18/h1-12,28H,13-15H2/b9-7+. The van der Waals surface area contributed by atoms with Gasteiger partial charge in [0.05, 0.1) is 18.7 Å². The first-order chi connectivity index (χ1) is 15.0. The van der Waals surface area contributed by atoms with Crippen LogP contribution in [0.4, 0.5) is 5.69 Å². The summed E-state index contributed by atoms with van der Waals surface area (Å²) in [6.45, 7) is 0.537. The van der Waals surface area contributed by atoms with Gasteiger partial charge in [-0.05, 0) is 41.3 Å². The van der Waals surface area contributed by atoms with Crippen molar-refractivity contribution in [2.24, 2.45) is 0 Å². The van der Waals surface area contributed by atoms with E-state index in [1.807, 2.05) is 29.6 Å². The van der Waals surface area contributed by atoms with Crippen molar-refractivity contribution in [3.63, 3.8) is 0 Å². The Kier molecular flexibility index (Phi) is 4.84. The lowest BCUT2D eigenvalue weighted by Crippen LogP contribution is -2.41. The first-order valence-electron chi connectivity index (χ1n) is 9.81. The number of ketones is 1. The molecule has 0 saturated carbocycles. The first kappa shape index (κ1) is 19.5. The van der Waals surface area contributed by atoms with Gasteiger partial charge < -0.3 is 19.5 Å². The number of anilines is 1. The molecule has 6 nitrogen and oxygen atoms in total. The van der Waals surface area contributed by atoms with Crippen molar-refractivity contribution >= 4 is 34.8 Å². The Balaban J connectivity index is 1.37. The normalized spacial score (nSPS) is 19.3. The molecule has 1 aromatic heterocycles. The van der Waals surface area contributed by atoms with E-state index in [2.05, 4.69) is 0 Å². The second-order valence-electron chi connectivity index (χ2n) is 7.44. The fourth-order valence-corrected chi connectivity index (χ4v) is 4.60. The van der Waals surface area contributed by atoms with E-state index in [0.717, 1.165) is 10.4 Å². The van der Waals surface area contributed by atoms with Gasteiger partial charge in [0.2, 0.25) is 6.79 Å². The highest BCUT2D eigenvalue weighted by molar-refractivity contribution is 7.09. The molecule has 0 radical (unpaired) electrons. The van der Waals surface area contributed by atoms with Crippen LogP contribution in [0.1, 0.15) is 22.4 Å². The number of hydrogen-bond donors (Lipinski definition) is 1. The summed E-state index contributed by atoms with van der Waals surface area (Å²) in [4.78, 5) is 28.5. The van der Waals surface area contributed by atoms with Gasteiger partial charge in [0, 0.05) is 10.4 Å². The molecule has 1 atom stereocenters. The number of rotatable bonds is 6. The molecule has 0 spiro atoms. The van der Waals surface area contributed by atoms with Crippen LogP contribution in [0.2, 0.25) is 0 Å². The molecule has 0 bridgehead atoms. The van der Waals surface area contributed by atoms with Crippen molar-refractivity contribution in [2.75, 3.05) is 11.7 Å². The summed E-state index contributed by atoms with van der Waals surface area (Å²) in [5.41, 5.74) is -0.0242. The third kappa shape index (κ3) is 3.52. The van der Waals surface area contributed by atoms with Gasteiger partial charge in [0.15, 0.2) is 22.9 Å². The predicted octanol–water partition coefficient (Wildman–Crippen LogP) is 3.88. The molecule has 3 aromatic rings. The maximum atomic E-state index is 13.2. The van der Waals surface area contributed by atoms with Crippen LogP contribution in [0.3, 0.4) is 0 Å². The van der Waals surface area contributed by atoms with E-state index in [4.69, 9.17) is 9.47 Å². The smallest absolute Gasteiger partial charge is 0.264 e. The van der Waals surface area contributed by atoms with Crippen LogP contribution < -0.4 is 14.4 Å². The van der Waals surface area contributed by atoms with E-state index in [0.29, 0.717) is 29.3 Å². The number of hydrogen-bond acceptors (Lipinski definition) is 6. The Morgan fingerprint density at radius 3 is 2.81 bits per heavy atom. The number of ether oxygens (including phenoxy) is 2. The number of benzene rings is 2. The third-order valence-corrected chi connectivity index (χ3v) is 6.28. The molecule has 0 aliphatic carbocycles. The van der Waals surface area contributed by atoms with Crippen molar-refractivity contribution in [1.82, 2.24) is 0 Å². The summed E-state index contributed by atoms with van der Waals surface area (Å²) in [6.07, 6.45) is 2.70. The van der Waals surface area contributed by atoms with Gasteiger partial charge in [-0.15, -0.1) is 11.3 Å². The molecular weight excluding hydrogens is 414 g/mol. The van der Waals surface area contributed by atoms with Gasteiger partial charge in [0.1, 0.15) is 0 Å². The lowest BCUT2D eigenvalue weighted by Gasteiger charge is -2.22. The van der Waals surface area contributed by atoms with E-state index in [9.17, 15) is 14.7 Å². The molecule has 1 amide bonds. The van der Waals surface area contributed by atoms with Crippen LogP contribution in [0.25, 0.3) is 6.08 Å². The van der Waals surface area contributed by atoms with Crippen LogP contribution in [0.5, 0.6) is 11.5 Å². The molecule has 5 rings (SSSR count). The van der Waals surface area contributed by atoms with Crippen LogP contribution in [0, 0.1) is 0 Å². The highest BCUT2D eigenvalue weighted by Gasteiger charge is 2.50. The summed E-state index contributed by atoms with van der Waals surface area (Å²) in [5.74, 6) is 0.461. The number of amides is 1. The van der Waals surface area contributed by atoms with Crippen molar-refractivity contribution in [3.05, 3.63) is 82.1 Å². The minimum absolute atomic E-state index is 0.179. The van der Waals surface area contributed by atoms with Crippen LogP contribution in [0.15, 0.2) is 66.1 Å². The molecule has 1 unspecified atom stereocenters. The molecule has 0 fully saturated rings. The predicted molar refractivity (Wildman–Crippen MR) is 117 cm³/mol. The lowest BCUT2D eigenvalue weighted by molar-refractivity contribution is -0.140. The molecule has 2 aromatic carbocycles. The van der Waals surface area contributed by atoms with Crippen LogP contribution >= 0.6 is 11.3 Å². The Morgan fingerprint density at radius 1 is 1.13 bits per heavy atom. The average Bonchev–Trinajstić information content (AvgIpc) is 3.50. The Bertz CT molecular complexity index is 1190. The summed E-state index contributed by atoms with van der Waals surface area (Å²) < 4.78 is 10.6. The van der Waals surface area contributed by atoms with E-state index >= 15 is 0 Å². The molecule has 1 N–H and O–H groups in total. The number of aliphatic hydroxyl groups is 1. The number of allylic oxidation sites excluding steroid dienone is 1. The van der Waals surface area contributed by atoms with E-state index in [1.165, 1.54) is 6.08 Å². The number of fused-ring (bicyclic) bond motifs is 2. The molecule has 31 heavy (non-hydrogen) atoms. The van der Waals surface area contributed by atoms with Crippen molar-refractivity contribution in [2.45, 2.75) is 18.6 Å². The minimum Gasteiger partial charge on any atom is -0.454 e.